The van der Waals surface area contributed by atoms with Crippen LogP contribution in [-0.2, 0) is 0 Å². The molecule has 7 nitrogen and oxygen atoms in total. The molecule has 0 radical (unpaired) electrons. The van der Waals surface area contributed by atoms with Gasteiger partial charge in [0.1, 0.15) is 5.56 Å². The first-order valence-corrected chi connectivity index (χ1v) is 3.76. The maximum Gasteiger partial charge on any atom is 0.339 e. The average molecular weight is 213 g/mol. The number of ether oxygens (including phenoxy) is 1. The van der Waals surface area contributed by atoms with Crippen molar-refractivity contribution in [3.05, 3.63) is 27.8 Å². The minimum absolute atomic E-state index is 0.447. The topological polar surface area (TPSA) is 110 Å². The molecular weight excluding hydrogens is 206 g/mol. The van der Waals surface area contributed by atoms with Crippen molar-refractivity contribution in [3.8, 4) is 11.5 Å². The van der Waals surface area contributed by atoms with Crippen LogP contribution in [0.2, 0.25) is 0 Å². The first-order valence-electron chi connectivity index (χ1n) is 3.76. The van der Waals surface area contributed by atoms with Gasteiger partial charge in [-0.15, -0.1) is 0 Å². The predicted molar refractivity (Wildman–Crippen MR) is 48.3 cm³/mol. The van der Waals surface area contributed by atoms with E-state index in [0.717, 1.165) is 19.2 Å². The van der Waals surface area contributed by atoms with Crippen LogP contribution >= 0.6 is 0 Å². The Morgan fingerprint density at radius 2 is 2.13 bits per heavy atom. The van der Waals surface area contributed by atoms with Crippen molar-refractivity contribution in [1.82, 2.24) is 0 Å². The van der Waals surface area contributed by atoms with Gasteiger partial charge in [-0.2, -0.15) is 0 Å². The fourth-order valence-electron chi connectivity index (χ4n) is 1.08. The lowest BCUT2D eigenvalue weighted by atomic mass is 10.1. The molecule has 0 amide bonds. The molecule has 0 unspecified atom stereocenters. The Morgan fingerprint density at radius 1 is 1.53 bits per heavy atom. The lowest BCUT2D eigenvalue weighted by Crippen LogP contribution is -2.01. The number of rotatable bonds is 3. The molecule has 0 aromatic heterocycles. The molecule has 2 N–H and O–H groups in total. The summed E-state index contributed by atoms with van der Waals surface area (Å²) in [5.74, 6) is -2.60. The molecule has 0 bridgehead atoms. The van der Waals surface area contributed by atoms with E-state index in [1.807, 2.05) is 0 Å². The third-order valence-corrected chi connectivity index (χ3v) is 1.74. The summed E-state index contributed by atoms with van der Waals surface area (Å²) in [5, 5.41) is 28.5. The van der Waals surface area contributed by atoms with E-state index < -0.39 is 33.6 Å². The van der Waals surface area contributed by atoms with Gasteiger partial charge in [0.25, 0.3) is 0 Å². The molecule has 0 heterocycles. The van der Waals surface area contributed by atoms with Crippen LogP contribution in [0.4, 0.5) is 5.69 Å². The summed E-state index contributed by atoms with van der Waals surface area (Å²) in [6.45, 7) is 0. The van der Waals surface area contributed by atoms with Crippen LogP contribution in [0, 0.1) is 10.1 Å². The zero-order valence-electron chi connectivity index (χ0n) is 7.63. The number of nitrogens with zero attached hydrogens (tertiary/aromatic N) is 1. The number of nitro benzene ring substituents is 1. The lowest BCUT2D eigenvalue weighted by Gasteiger charge is -2.05. The van der Waals surface area contributed by atoms with Crippen LogP contribution in [0.25, 0.3) is 0 Å². The Morgan fingerprint density at radius 3 is 2.53 bits per heavy atom. The first kappa shape index (κ1) is 10.8. The number of phenols is 1. The fraction of sp³-hybridized carbons (Fsp3) is 0.125. The Kier molecular flexibility index (Phi) is 2.75. The van der Waals surface area contributed by atoms with Crippen molar-refractivity contribution in [2.75, 3.05) is 7.11 Å². The number of carboxylic acids is 1. The molecule has 0 spiro atoms. The van der Waals surface area contributed by atoms with Crippen LogP contribution in [0.1, 0.15) is 10.4 Å². The third kappa shape index (κ3) is 1.80. The highest BCUT2D eigenvalue weighted by Gasteiger charge is 2.24. The molecule has 0 aliphatic heterocycles. The molecule has 1 aromatic rings. The summed E-state index contributed by atoms with van der Waals surface area (Å²) in [6, 6.07) is 1.90. The van der Waals surface area contributed by atoms with Gasteiger partial charge in [-0.05, 0) is 6.07 Å². The molecule has 0 saturated heterocycles. The Hall–Kier alpha value is -2.31. The monoisotopic (exact) mass is 213 g/mol. The minimum Gasteiger partial charge on any atom is -0.503 e. The maximum atomic E-state index is 10.6. The highest BCUT2D eigenvalue weighted by atomic mass is 16.6. The van der Waals surface area contributed by atoms with Crippen LogP contribution in [0.5, 0.6) is 11.5 Å². The highest BCUT2D eigenvalue weighted by Crippen LogP contribution is 2.38. The summed E-state index contributed by atoms with van der Waals surface area (Å²) < 4.78 is 4.57. The van der Waals surface area contributed by atoms with Gasteiger partial charge in [-0.25, -0.2) is 4.79 Å². The van der Waals surface area contributed by atoms with Crippen molar-refractivity contribution in [2.24, 2.45) is 0 Å². The van der Waals surface area contributed by atoms with E-state index in [1.54, 1.807) is 0 Å². The number of aromatic hydroxyl groups is 1. The zero-order chi connectivity index (χ0) is 11.6. The molecular formula is C8H7NO6. The largest absolute Gasteiger partial charge is 0.503 e. The molecule has 0 atom stereocenters. The summed E-state index contributed by atoms with van der Waals surface area (Å²) in [4.78, 5) is 20.3. The lowest BCUT2D eigenvalue weighted by molar-refractivity contribution is -0.385. The van der Waals surface area contributed by atoms with E-state index in [-0.39, 0.29) is 0 Å². The van der Waals surface area contributed by atoms with Crippen LogP contribution < -0.4 is 4.74 Å². The van der Waals surface area contributed by atoms with Gasteiger partial charge >= 0.3 is 11.7 Å². The van der Waals surface area contributed by atoms with Gasteiger partial charge in [0.2, 0.25) is 5.75 Å². The normalized spacial score (nSPS) is 9.67. The number of aromatic carboxylic acids is 1. The van der Waals surface area contributed by atoms with Gasteiger partial charge in [-0.1, -0.05) is 0 Å². The van der Waals surface area contributed by atoms with E-state index in [2.05, 4.69) is 4.74 Å². The first-order chi connectivity index (χ1) is 6.99. The Balaban J connectivity index is 3.45. The number of benzene rings is 1. The number of carboxylic acid groups (broad SMARTS) is 1. The van der Waals surface area contributed by atoms with Crippen molar-refractivity contribution in [1.29, 1.82) is 0 Å². The van der Waals surface area contributed by atoms with Crippen molar-refractivity contribution in [2.45, 2.75) is 0 Å². The van der Waals surface area contributed by atoms with Crippen LogP contribution in [0.15, 0.2) is 12.1 Å². The quantitative estimate of drug-likeness (QED) is 0.572. The van der Waals surface area contributed by atoms with Gasteiger partial charge in [0, 0.05) is 6.07 Å². The summed E-state index contributed by atoms with van der Waals surface area (Å²) in [7, 11) is 1.10. The number of methoxy groups -OCH3 is 1. The summed E-state index contributed by atoms with van der Waals surface area (Å²) >= 11 is 0. The van der Waals surface area contributed by atoms with E-state index in [1.165, 1.54) is 0 Å². The summed E-state index contributed by atoms with van der Waals surface area (Å²) in [6.07, 6.45) is 0. The van der Waals surface area contributed by atoms with Crippen molar-refractivity contribution < 1.29 is 24.7 Å². The minimum atomic E-state index is -1.39. The molecule has 0 aliphatic rings. The molecule has 80 valence electrons. The molecule has 7 heteroatoms. The average Bonchev–Trinajstić information content (AvgIpc) is 2.16. The molecule has 1 rings (SSSR count). The Bertz CT molecular complexity index is 427. The van der Waals surface area contributed by atoms with Gasteiger partial charge in [0.05, 0.1) is 12.0 Å². The number of hydrogen-bond acceptors (Lipinski definition) is 5. The number of carbonyl (C=O) groups is 1. The second kappa shape index (κ2) is 3.82. The second-order valence-electron chi connectivity index (χ2n) is 2.58. The molecule has 0 saturated carbocycles. The van der Waals surface area contributed by atoms with E-state index in [4.69, 9.17) is 5.11 Å². The standard InChI is InChI=1S/C8H7NO6/c1-15-7-5(9(13)14)3-2-4(6(7)10)8(11)12/h2-3,10H,1H3,(H,11,12). The van der Waals surface area contributed by atoms with Crippen LogP contribution in [-0.4, -0.2) is 28.2 Å². The van der Waals surface area contributed by atoms with E-state index in [0.29, 0.717) is 0 Å². The molecule has 15 heavy (non-hydrogen) atoms. The van der Waals surface area contributed by atoms with E-state index >= 15 is 0 Å². The van der Waals surface area contributed by atoms with Crippen LogP contribution in [0.3, 0.4) is 0 Å². The zero-order valence-corrected chi connectivity index (χ0v) is 7.63. The Labute approximate surface area is 83.7 Å². The number of hydrogen-bond donors (Lipinski definition) is 2. The van der Waals surface area contributed by atoms with Gasteiger partial charge in [0.15, 0.2) is 5.75 Å². The van der Waals surface area contributed by atoms with Crippen molar-refractivity contribution in [3.63, 3.8) is 0 Å². The van der Waals surface area contributed by atoms with Gasteiger partial charge in [-0.3, -0.25) is 10.1 Å². The van der Waals surface area contributed by atoms with Gasteiger partial charge < -0.3 is 14.9 Å². The highest BCUT2D eigenvalue weighted by molar-refractivity contribution is 5.92. The predicted octanol–water partition coefficient (Wildman–Crippen LogP) is 1.01. The fourth-order valence-corrected chi connectivity index (χ4v) is 1.08. The SMILES string of the molecule is COc1c([N+](=O)[O-])ccc(C(=O)O)c1O. The van der Waals surface area contributed by atoms with E-state index in [9.17, 15) is 20.0 Å². The third-order valence-electron chi connectivity index (χ3n) is 1.74. The maximum absolute atomic E-state index is 10.6. The smallest absolute Gasteiger partial charge is 0.339 e. The molecule has 0 fully saturated rings. The molecule has 1 aromatic carbocycles. The number of nitro groups is 1. The van der Waals surface area contributed by atoms with Crippen molar-refractivity contribution >= 4 is 11.7 Å². The second-order valence-corrected chi connectivity index (χ2v) is 2.58. The summed E-state index contributed by atoms with van der Waals surface area (Å²) in [5.41, 5.74) is -0.933. The molecule has 0 aliphatic carbocycles.